The number of aromatic amines is 1. The van der Waals surface area contributed by atoms with E-state index >= 15 is 0 Å². The molecule has 0 aliphatic carbocycles. The van der Waals surface area contributed by atoms with Gasteiger partial charge < -0.3 is 0 Å². The van der Waals surface area contributed by atoms with Gasteiger partial charge in [-0.2, -0.15) is 0 Å². The summed E-state index contributed by atoms with van der Waals surface area (Å²) in [6.45, 7) is 0. The van der Waals surface area contributed by atoms with Crippen LogP contribution in [0.5, 0.6) is 0 Å². The van der Waals surface area contributed by atoms with Crippen LogP contribution in [0.15, 0.2) is 4.79 Å². The van der Waals surface area contributed by atoms with E-state index < -0.39 is 0 Å². The molecule has 0 spiro atoms. The molecule has 2 radical (unpaired) electrons. The van der Waals surface area contributed by atoms with E-state index in [1.807, 2.05) is 0 Å². The topological polar surface area (TPSA) is 32.9 Å². The zero-order valence-corrected chi connectivity index (χ0v) is 5.94. The van der Waals surface area contributed by atoms with Gasteiger partial charge in [0.05, 0.1) is 0 Å². The Balaban J connectivity index is 3.41. The summed E-state index contributed by atoms with van der Waals surface area (Å²) < 4.78 is 3.02. The molecule has 8 heavy (non-hydrogen) atoms. The second-order valence-corrected chi connectivity index (χ2v) is 2.74. The largest absolute Gasteiger partial charge is 0.278 e. The maximum absolute atomic E-state index is 10.5. The van der Waals surface area contributed by atoms with E-state index in [2.05, 4.69) is 13.6 Å². The van der Waals surface area contributed by atoms with Gasteiger partial charge in [0, 0.05) is 5.30 Å². The molecule has 0 bridgehead atoms. The molecule has 40 valence electrons. The Labute approximate surface area is 54.1 Å². The zero-order chi connectivity index (χ0) is 6.15. The fraction of sp³-hybridized carbons (Fsp3) is 0. The molecule has 5 heteroatoms. The van der Waals surface area contributed by atoms with Crippen LogP contribution in [-0.2, 0) is 0 Å². The van der Waals surface area contributed by atoms with Crippen molar-refractivity contribution in [3.8, 4) is 0 Å². The normalized spacial score (nSPS) is 9.62. The second kappa shape index (κ2) is 2.04. The molecule has 0 fully saturated rings. The molecule has 1 unspecified atom stereocenters. The van der Waals surface area contributed by atoms with Gasteiger partial charge in [-0.1, -0.05) is 20.8 Å². The summed E-state index contributed by atoms with van der Waals surface area (Å²) in [7, 11) is 7.58. The number of aromatic nitrogens is 1. The average molecular weight is 143 g/mol. The Morgan fingerprint density at radius 3 is 2.50 bits per heavy atom. The number of H-pyrrole nitrogens is 1. The van der Waals surface area contributed by atoms with Crippen molar-refractivity contribution in [3.05, 3.63) is 10.4 Å². The van der Waals surface area contributed by atoms with Crippen LogP contribution in [0.3, 0.4) is 0 Å². The Morgan fingerprint density at radius 2 is 2.38 bits per heavy atom. The van der Waals surface area contributed by atoms with Crippen LogP contribution in [0, 0.1) is 0 Å². The summed E-state index contributed by atoms with van der Waals surface area (Å²) in [4.78, 5) is 10.5. The first-order valence-electron chi connectivity index (χ1n) is 1.94. The molecule has 1 aromatic heterocycles. The Bertz CT molecular complexity index is 242. The average Bonchev–Trinajstić information content (AvgIpc) is 1.98. The Hall–Kier alpha value is -0.0751. The number of hydrogen-bond donors (Lipinski definition) is 1. The summed E-state index contributed by atoms with van der Waals surface area (Å²) in [6, 6.07) is 0. The first-order chi connectivity index (χ1) is 3.72. The van der Waals surface area contributed by atoms with Gasteiger partial charge in [-0.3, -0.25) is 9.17 Å². The van der Waals surface area contributed by atoms with Crippen molar-refractivity contribution in [2.75, 3.05) is 0 Å². The molecule has 0 aliphatic rings. The summed E-state index contributed by atoms with van der Waals surface area (Å²) in [5.41, 5.74) is -0.113. The van der Waals surface area contributed by atoms with Gasteiger partial charge in [-0.25, -0.2) is 0 Å². The number of hydrogen-bond acceptors (Lipinski definition) is 2. The quantitative estimate of drug-likeness (QED) is 0.356. The minimum absolute atomic E-state index is 0.113. The Kier molecular flexibility index (Phi) is 1.54. The maximum Gasteiger partial charge on any atom is 0.264 e. The summed E-state index contributed by atoms with van der Waals surface area (Å²) in [5, 5.41) is 0.537. The van der Waals surface area contributed by atoms with Crippen LogP contribution in [-0.4, -0.2) is 12.2 Å². The highest BCUT2D eigenvalue weighted by molar-refractivity contribution is 7.32. The minimum Gasteiger partial charge on any atom is -0.278 e. The van der Waals surface area contributed by atoms with Crippen molar-refractivity contribution in [3.63, 3.8) is 0 Å². The molecule has 0 saturated carbocycles. The monoisotopic (exact) mass is 143 g/mol. The van der Waals surface area contributed by atoms with E-state index in [1.54, 1.807) is 0 Å². The molecule has 1 heterocycles. The van der Waals surface area contributed by atoms with Crippen molar-refractivity contribution in [2.24, 2.45) is 0 Å². The molecule has 1 atom stereocenters. The van der Waals surface area contributed by atoms with Crippen LogP contribution in [0.25, 0.3) is 0 Å². The van der Waals surface area contributed by atoms with Crippen LogP contribution >= 0.6 is 20.8 Å². The van der Waals surface area contributed by atoms with Crippen LogP contribution < -0.4 is 15.6 Å². The van der Waals surface area contributed by atoms with Gasteiger partial charge in [0.15, 0.2) is 0 Å². The predicted molar refractivity (Wildman–Crippen MR) is 39.7 cm³/mol. The van der Waals surface area contributed by atoms with E-state index in [1.165, 1.54) is 0 Å². The van der Waals surface area contributed by atoms with E-state index in [0.29, 0.717) is 10.1 Å². The molecular weight excluding hydrogens is 140 g/mol. The number of rotatable bonds is 0. The van der Waals surface area contributed by atoms with Gasteiger partial charge in [-0.15, -0.1) is 0 Å². The van der Waals surface area contributed by atoms with Gasteiger partial charge in [-0.05, 0) is 4.78 Å². The smallest absolute Gasteiger partial charge is 0.264 e. The third-order valence-electron chi connectivity index (χ3n) is 0.764. The van der Waals surface area contributed by atoms with Gasteiger partial charge in [0.25, 0.3) is 5.56 Å². The SMILES string of the molecule is [B]c1s[nH]c(=O)c1P. The number of nitrogens with one attached hydrogen (secondary N) is 1. The molecular formula is C3H3BNOPS. The van der Waals surface area contributed by atoms with E-state index in [4.69, 9.17) is 7.85 Å². The summed E-state index contributed by atoms with van der Waals surface area (Å²) >= 11 is 1.15. The molecule has 0 aromatic carbocycles. The lowest BCUT2D eigenvalue weighted by molar-refractivity contribution is 1.46. The predicted octanol–water partition coefficient (Wildman–Crippen LogP) is -1.27. The molecule has 0 aliphatic heterocycles. The maximum atomic E-state index is 10.5. The molecule has 2 nitrogen and oxygen atoms in total. The molecule has 0 amide bonds. The lowest BCUT2D eigenvalue weighted by Crippen LogP contribution is -2.24. The minimum atomic E-state index is -0.113. The highest BCUT2D eigenvalue weighted by atomic mass is 32.1. The molecule has 1 aromatic rings. The van der Waals surface area contributed by atoms with Crippen molar-refractivity contribution in [1.29, 1.82) is 0 Å². The van der Waals surface area contributed by atoms with Crippen molar-refractivity contribution in [1.82, 2.24) is 4.37 Å². The second-order valence-electron chi connectivity index (χ2n) is 1.31. The van der Waals surface area contributed by atoms with Crippen molar-refractivity contribution < 1.29 is 0 Å². The highest BCUT2D eigenvalue weighted by Crippen LogP contribution is 1.79. The lowest BCUT2D eigenvalue weighted by atomic mass is 10.1. The third kappa shape index (κ3) is 0.860. The van der Waals surface area contributed by atoms with E-state index in [0.717, 1.165) is 11.5 Å². The first-order valence-corrected chi connectivity index (χ1v) is 3.33. The van der Waals surface area contributed by atoms with Gasteiger partial charge in [0.2, 0.25) is 0 Å². The zero-order valence-electron chi connectivity index (χ0n) is 3.97. The highest BCUT2D eigenvalue weighted by Gasteiger charge is 1.96. The molecule has 1 N–H and O–H groups in total. The fourth-order valence-electron chi connectivity index (χ4n) is 0.323. The fourth-order valence-corrected chi connectivity index (χ4v) is 1.19. The Morgan fingerprint density at radius 1 is 1.75 bits per heavy atom. The van der Waals surface area contributed by atoms with E-state index in [-0.39, 0.29) is 5.56 Å². The van der Waals surface area contributed by atoms with Crippen molar-refractivity contribution >= 4 is 38.7 Å². The standard InChI is InChI=1S/C3H3BNOPS/c4-2-1(7)3(6)5-8-2/h7H2,(H,5,6). The third-order valence-corrected chi connectivity index (χ3v) is 2.27. The van der Waals surface area contributed by atoms with Crippen LogP contribution in [0.4, 0.5) is 0 Å². The van der Waals surface area contributed by atoms with Gasteiger partial charge in [0.1, 0.15) is 7.85 Å². The van der Waals surface area contributed by atoms with Gasteiger partial charge >= 0.3 is 0 Å². The van der Waals surface area contributed by atoms with Crippen LogP contribution in [0.2, 0.25) is 0 Å². The summed E-state index contributed by atoms with van der Waals surface area (Å²) in [6.07, 6.45) is 0. The van der Waals surface area contributed by atoms with Crippen LogP contribution in [0.1, 0.15) is 0 Å². The molecule has 1 rings (SSSR count). The first kappa shape index (κ1) is 6.05. The summed E-state index contributed by atoms with van der Waals surface area (Å²) in [5.74, 6) is 0. The van der Waals surface area contributed by atoms with Crippen molar-refractivity contribution in [2.45, 2.75) is 0 Å². The van der Waals surface area contributed by atoms with E-state index in [9.17, 15) is 4.79 Å². The molecule has 0 saturated heterocycles. The lowest BCUT2D eigenvalue weighted by Gasteiger charge is -1.76.